The van der Waals surface area contributed by atoms with Gasteiger partial charge in [0, 0.05) is 12.6 Å². The third-order valence-electron chi connectivity index (χ3n) is 9.27. The van der Waals surface area contributed by atoms with Crippen LogP contribution in [0.5, 0.6) is 0 Å². The molecule has 0 aromatic heterocycles. The van der Waals surface area contributed by atoms with Gasteiger partial charge in [0.25, 0.3) is 0 Å². The minimum atomic E-state index is -0.161. The maximum Gasteiger partial charge on any atom is 0.226 e. The first-order chi connectivity index (χ1) is 14.3. The minimum Gasteiger partial charge on any atom is -0.352 e. The van der Waals surface area contributed by atoms with Crippen LogP contribution in [0, 0.1) is 22.2 Å². The molecule has 1 aliphatic heterocycles. The third kappa shape index (κ3) is 3.23. The van der Waals surface area contributed by atoms with E-state index in [2.05, 4.69) is 61.7 Å². The molecule has 4 aliphatic carbocycles. The van der Waals surface area contributed by atoms with Gasteiger partial charge in [-0.15, -0.1) is 0 Å². The van der Waals surface area contributed by atoms with Gasteiger partial charge in [-0.1, -0.05) is 57.5 Å². The second-order valence-corrected chi connectivity index (χ2v) is 12.2. The van der Waals surface area contributed by atoms with Crippen molar-refractivity contribution in [3.05, 3.63) is 35.9 Å². The Labute approximate surface area is 182 Å². The van der Waals surface area contributed by atoms with Crippen molar-refractivity contribution in [2.75, 3.05) is 13.1 Å². The van der Waals surface area contributed by atoms with Crippen LogP contribution in [0.2, 0.25) is 0 Å². The number of carbonyl (C=O) groups excluding carboxylic acids is 1. The van der Waals surface area contributed by atoms with Crippen LogP contribution in [-0.4, -0.2) is 25.0 Å². The molecular formula is C27H40N2O. The van der Waals surface area contributed by atoms with E-state index in [1.165, 1.54) is 37.7 Å². The van der Waals surface area contributed by atoms with E-state index >= 15 is 0 Å². The number of rotatable bonds is 5. The first-order valence-electron chi connectivity index (χ1n) is 12.4. The summed E-state index contributed by atoms with van der Waals surface area (Å²) in [4.78, 5) is 14.0. The summed E-state index contributed by atoms with van der Waals surface area (Å²) in [6.07, 6.45) is 10.8. The van der Waals surface area contributed by atoms with E-state index in [0.717, 1.165) is 38.8 Å². The molecule has 1 heterocycles. The molecule has 164 valence electrons. The van der Waals surface area contributed by atoms with Gasteiger partial charge in [0.1, 0.15) is 0 Å². The summed E-state index contributed by atoms with van der Waals surface area (Å²) in [5, 5.41) is 7.13. The Morgan fingerprint density at radius 2 is 1.90 bits per heavy atom. The zero-order chi connectivity index (χ0) is 21.0. The van der Waals surface area contributed by atoms with Crippen LogP contribution >= 0.6 is 0 Å². The molecule has 2 N–H and O–H groups in total. The average molecular weight is 409 g/mol. The number of amides is 1. The predicted octanol–water partition coefficient (Wildman–Crippen LogP) is 5.20. The molecule has 5 fully saturated rings. The summed E-state index contributed by atoms with van der Waals surface area (Å²) in [7, 11) is 0. The van der Waals surface area contributed by atoms with Crippen LogP contribution in [-0.2, 0) is 10.2 Å². The number of nitrogens with one attached hydrogen (secondary N) is 2. The van der Waals surface area contributed by atoms with Gasteiger partial charge >= 0.3 is 0 Å². The van der Waals surface area contributed by atoms with Gasteiger partial charge < -0.3 is 10.6 Å². The van der Waals surface area contributed by atoms with Crippen molar-refractivity contribution >= 4 is 5.91 Å². The fourth-order valence-electron chi connectivity index (χ4n) is 8.56. The van der Waals surface area contributed by atoms with Crippen molar-refractivity contribution in [3.8, 4) is 0 Å². The van der Waals surface area contributed by atoms with E-state index < -0.39 is 0 Å². The zero-order valence-corrected chi connectivity index (χ0v) is 19.2. The number of piperidine rings is 1. The molecule has 4 bridgehead atoms. The summed E-state index contributed by atoms with van der Waals surface area (Å²) < 4.78 is 0. The van der Waals surface area contributed by atoms with E-state index in [-0.39, 0.29) is 22.3 Å². The summed E-state index contributed by atoms with van der Waals surface area (Å²) in [5.41, 5.74) is 2.02. The lowest BCUT2D eigenvalue weighted by molar-refractivity contribution is -0.165. The lowest BCUT2D eigenvalue weighted by Gasteiger charge is -2.66. The van der Waals surface area contributed by atoms with Crippen LogP contribution in [0.1, 0.15) is 84.1 Å². The summed E-state index contributed by atoms with van der Waals surface area (Å²) in [5.74, 6) is 1.09. The Morgan fingerprint density at radius 1 is 1.10 bits per heavy atom. The molecule has 1 aromatic rings. The number of hydrogen-bond donors (Lipinski definition) is 2. The second kappa shape index (κ2) is 7.08. The Hall–Kier alpha value is -1.35. The van der Waals surface area contributed by atoms with Crippen molar-refractivity contribution < 1.29 is 4.79 Å². The highest BCUT2D eigenvalue weighted by Crippen LogP contribution is 2.71. The van der Waals surface area contributed by atoms with Crippen molar-refractivity contribution in [2.45, 2.75) is 90.0 Å². The maximum absolute atomic E-state index is 14.0. The van der Waals surface area contributed by atoms with Crippen molar-refractivity contribution in [1.29, 1.82) is 0 Å². The van der Waals surface area contributed by atoms with Gasteiger partial charge in [0.15, 0.2) is 0 Å². The quantitative estimate of drug-likeness (QED) is 0.703. The van der Waals surface area contributed by atoms with Gasteiger partial charge in [-0.05, 0) is 85.6 Å². The normalized spacial score (nSPS) is 41.6. The van der Waals surface area contributed by atoms with E-state index in [4.69, 9.17) is 0 Å². The smallest absolute Gasteiger partial charge is 0.226 e. The van der Waals surface area contributed by atoms with Gasteiger partial charge in [0.2, 0.25) is 5.91 Å². The lowest BCUT2D eigenvalue weighted by Crippen LogP contribution is -2.65. The van der Waals surface area contributed by atoms with E-state index in [0.29, 0.717) is 17.2 Å². The first kappa shape index (κ1) is 20.5. The molecule has 3 nitrogen and oxygen atoms in total. The van der Waals surface area contributed by atoms with Crippen LogP contribution in [0.25, 0.3) is 0 Å². The number of carbonyl (C=O) groups is 1. The van der Waals surface area contributed by atoms with Crippen molar-refractivity contribution in [1.82, 2.24) is 10.6 Å². The molecule has 1 amide bonds. The molecule has 3 unspecified atom stereocenters. The molecular weight excluding hydrogens is 368 g/mol. The predicted molar refractivity (Wildman–Crippen MR) is 122 cm³/mol. The van der Waals surface area contributed by atoms with E-state index in [1.807, 2.05) is 0 Å². The monoisotopic (exact) mass is 408 g/mol. The van der Waals surface area contributed by atoms with Crippen LogP contribution in [0.4, 0.5) is 0 Å². The van der Waals surface area contributed by atoms with Gasteiger partial charge in [-0.3, -0.25) is 4.79 Å². The minimum absolute atomic E-state index is 0.119. The largest absolute Gasteiger partial charge is 0.352 e. The molecule has 1 aromatic carbocycles. The first-order valence-corrected chi connectivity index (χ1v) is 12.4. The third-order valence-corrected chi connectivity index (χ3v) is 9.27. The maximum atomic E-state index is 14.0. The number of hydrogen-bond acceptors (Lipinski definition) is 2. The Kier molecular flexibility index (Phi) is 4.85. The fourth-order valence-corrected chi connectivity index (χ4v) is 8.56. The van der Waals surface area contributed by atoms with Gasteiger partial charge in [-0.25, -0.2) is 0 Å². The molecule has 0 radical (unpaired) electrons. The highest BCUT2D eigenvalue weighted by Gasteiger charge is 2.65. The molecule has 1 saturated heterocycles. The standard InChI is InChI=1S/C27H40N2O/c1-4-11-25-13-20-14-26(16-25,21-8-6-5-7-9-21)18-27(15-20,17-25)23(30)29-22-10-12-28-19-24(22,2)3/h5-9,20,22,28H,4,10-19H2,1-3H3,(H,29,30)/t20?,22?,25-,26-,27?/m1/s1. The van der Waals surface area contributed by atoms with Gasteiger partial charge in [-0.2, -0.15) is 0 Å². The van der Waals surface area contributed by atoms with E-state index in [1.54, 1.807) is 0 Å². The molecule has 3 heteroatoms. The second-order valence-electron chi connectivity index (χ2n) is 12.2. The molecule has 6 rings (SSSR count). The molecule has 30 heavy (non-hydrogen) atoms. The molecule has 5 atom stereocenters. The zero-order valence-electron chi connectivity index (χ0n) is 19.2. The Morgan fingerprint density at radius 3 is 2.63 bits per heavy atom. The summed E-state index contributed by atoms with van der Waals surface area (Å²) >= 11 is 0. The number of benzene rings is 1. The molecule has 4 saturated carbocycles. The molecule has 5 aliphatic rings. The highest BCUT2D eigenvalue weighted by molar-refractivity contribution is 5.84. The van der Waals surface area contributed by atoms with Crippen molar-refractivity contribution in [2.24, 2.45) is 22.2 Å². The lowest BCUT2D eigenvalue weighted by atomic mass is 9.37. The van der Waals surface area contributed by atoms with Crippen LogP contribution in [0.15, 0.2) is 30.3 Å². The topological polar surface area (TPSA) is 41.1 Å². The van der Waals surface area contributed by atoms with Crippen LogP contribution in [0.3, 0.4) is 0 Å². The van der Waals surface area contributed by atoms with E-state index in [9.17, 15) is 4.79 Å². The Balaban J connectivity index is 1.49. The van der Waals surface area contributed by atoms with Gasteiger partial charge in [0.05, 0.1) is 5.41 Å². The SMILES string of the molecule is CCC[C@]12CC3CC(C(=O)NC4CCNCC4(C)C)(C1)C[C@@](c1ccccc1)(C3)C2. The van der Waals surface area contributed by atoms with Crippen LogP contribution < -0.4 is 10.6 Å². The summed E-state index contributed by atoms with van der Waals surface area (Å²) in [6, 6.07) is 11.5. The molecule has 0 spiro atoms. The average Bonchev–Trinajstić information content (AvgIpc) is 2.69. The fraction of sp³-hybridized carbons (Fsp3) is 0.741. The highest BCUT2D eigenvalue weighted by atomic mass is 16.2. The van der Waals surface area contributed by atoms with Crippen molar-refractivity contribution in [3.63, 3.8) is 0 Å². The summed E-state index contributed by atoms with van der Waals surface area (Å²) in [6.45, 7) is 8.93. The Bertz CT molecular complexity index is 804.